The summed E-state index contributed by atoms with van der Waals surface area (Å²) in [5.74, 6) is 2.27. The van der Waals surface area contributed by atoms with Crippen LogP contribution in [-0.4, -0.2) is 34.3 Å². The van der Waals surface area contributed by atoms with E-state index < -0.39 is 0 Å². The molecule has 0 aliphatic carbocycles. The van der Waals surface area contributed by atoms with E-state index in [4.69, 9.17) is 0 Å². The predicted octanol–water partition coefficient (Wildman–Crippen LogP) is 6.11. The van der Waals surface area contributed by atoms with Crippen LogP contribution in [0, 0.1) is 11.8 Å². The maximum absolute atomic E-state index is 4.55. The van der Waals surface area contributed by atoms with Crippen molar-refractivity contribution in [1.82, 2.24) is 14.7 Å². The van der Waals surface area contributed by atoms with Gasteiger partial charge in [0.25, 0.3) is 0 Å². The lowest BCUT2D eigenvalue weighted by molar-refractivity contribution is 0.168. The summed E-state index contributed by atoms with van der Waals surface area (Å²) in [6.07, 6.45) is 16.9. The lowest BCUT2D eigenvalue weighted by Gasteiger charge is -2.31. The third-order valence-corrected chi connectivity index (χ3v) is 5.98. The summed E-state index contributed by atoms with van der Waals surface area (Å²) in [7, 11) is 0. The van der Waals surface area contributed by atoms with Gasteiger partial charge in [-0.2, -0.15) is 5.10 Å². The SMILES string of the molecule is CC(C)CCCCCCCCN1CCC(Cn2cc(C(C)C)cn2)CC1. The normalized spacial score (nSPS) is 16.8. The molecule has 0 N–H and O–H groups in total. The first-order valence-corrected chi connectivity index (χ1v) is 11.3. The smallest absolute Gasteiger partial charge is 0.0524 e. The molecule has 1 aliphatic heterocycles. The van der Waals surface area contributed by atoms with Crippen LogP contribution in [0.25, 0.3) is 0 Å². The molecule has 0 saturated carbocycles. The largest absolute Gasteiger partial charge is 0.303 e. The molecule has 2 heterocycles. The molecule has 0 radical (unpaired) electrons. The zero-order valence-corrected chi connectivity index (χ0v) is 17.9. The van der Waals surface area contributed by atoms with Crippen LogP contribution in [-0.2, 0) is 6.54 Å². The van der Waals surface area contributed by atoms with E-state index in [2.05, 4.69) is 48.6 Å². The Morgan fingerprint density at radius 2 is 1.62 bits per heavy atom. The molecule has 0 aromatic carbocycles. The van der Waals surface area contributed by atoms with Gasteiger partial charge in [0.05, 0.1) is 6.20 Å². The van der Waals surface area contributed by atoms with Crippen molar-refractivity contribution in [2.45, 2.75) is 97.9 Å². The van der Waals surface area contributed by atoms with Crippen molar-refractivity contribution in [3.63, 3.8) is 0 Å². The summed E-state index contributed by atoms with van der Waals surface area (Å²) in [5, 5.41) is 4.55. The number of nitrogens with zero attached hydrogens (tertiary/aromatic N) is 3. The molecule has 1 saturated heterocycles. The molecule has 1 aromatic rings. The van der Waals surface area contributed by atoms with Crippen molar-refractivity contribution >= 4 is 0 Å². The van der Waals surface area contributed by atoms with Gasteiger partial charge in [-0.1, -0.05) is 66.2 Å². The third kappa shape index (κ3) is 8.24. The van der Waals surface area contributed by atoms with E-state index in [-0.39, 0.29) is 0 Å². The minimum atomic E-state index is 0.584. The highest BCUT2D eigenvalue weighted by Crippen LogP contribution is 2.21. The zero-order chi connectivity index (χ0) is 18.8. The van der Waals surface area contributed by atoms with Gasteiger partial charge in [0, 0.05) is 12.7 Å². The topological polar surface area (TPSA) is 21.1 Å². The fourth-order valence-electron chi connectivity index (χ4n) is 4.03. The van der Waals surface area contributed by atoms with Crippen LogP contribution >= 0.6 is 0 Å². The summed E-state index contributed by atoms with van der Waals surface area (Å²) in [5.41, 5.74) is 1.37. The van der Waals surface area contributed by atoms with Crippen LogP contribution in [0.5, 0.6) is 0 Å². The first-order valence-electron chi connectivity index (χ1n) is 11.3. The lowest BCUT2D eigenvalue weighted by atomic mass is 9.96. The zero-order valence-electron chi connectivity index (χ0n) is 17.9. The van der Waals surface area contributed by atoms with Gasteiger partial charge in [-0.3, -0.25) is 4.68 Å². The van der Waals surface area contributed by atoms with E-state index >= 15 is 0 Å². The molecular weight excluding hydrogens is 318 g/mol. The Bertz CT molecular complexity index is 470. The second-order valence-electron chi connectivity index (χ2n) is 9.24. The first kappa shape index (κ1) is 21.5. The van der Waals surface area contributed by atoms with Crippen molar-refractivity contribution in [2.24, 2.45) is 11.8 Å². The van der Waals surface area contributed by atoms with Crippen molar-refractivity contribution in [1.29, 1.82) is 0 Å². The maximum atomic E-state index is 4.55. The van der Waals surface area contributed by atoms with Gasteiger partial charge in [-0.15, -0.1) is 0 Å². The van der Waals surface area contributed by atoms with E-state index in [1.165, 1.54) is 83.0 Å². The van der Waals surface area contributed by atoms with Gasteiger partial charge in [-0.05, 0) is 62.2 Å². The molecule has 0 unspecified atom stereocenters. The summed E-state index contributed by atoms with van der Waals surface area (Å²) >= 11 is 0. The van der Waals surface area contributed by atoms with Gasteiger partial charge >= 0.3 is 0 Å². The minimum Gasteiger partial charge on any atom is -0.303 e. The number of hydrogen-bond acceptors (Lipinski definition) is 2. The lowest BCUT2D eigenvalue weighted by Crippen LogP contribution is -2.35. The molecule has 1 aromatic heterocycles. The Hall–Kier alpha value is -0.830. The highest BCUT2D eigenvalue weighted by atomic mass is 15.3. The summed E-state index contributed by atoms with van der Waals surface area (Å²) < 4.78 is 2.18. The Morgan fingerprint density at radius 3 is 2.23 bits per heavy atom. The van der Waals surface area contributed by atoms with Crippen molar-refractivity contribution in [2.75, 3.05) is 19.6 Å². The molecule has 26 heavy (non-hydrogen) atoms. The van der Waals surface area contributed by atoms with Crippen molar-refractivity contribution in [3.05, 3.63) is 18.0 Å². The van der Waals surface area contributed by atoms with Crippen LogP contribution < -0.4 is 0 Å². The van der Waals surface area contributed by atoms with Gasteiger partial charge in [0.15, 0.2) is 0 Å². The number of hydrogen-bond donors (Lipinski definition) is 0. The molecular formula is C23H43N3. The van der Waals surface area contributed by atoms with E-state index in [9.17, 15) is 0 Å². The Morgan fingerprint density at radius 1 is 0.962 bits per heavy atom. The van der Waals surface area contributed by atoms with E-state index in [0.29, 0.717) is 5.92 Å². The summed E-state index contributed by atoms with van der Waals surface area (Å²) in [6, 6.07) is 0. The average molecular weight is 362 g/mol. The fraction of sp³-hybridized carbons (Fsp3) is 0.870. The van der Waals surface area contributed by atoms with E-state index in [1.807, 2.05) is 6.20 Å². The number of unbranched alkanes of at least 4 members (excludes halogenated alkanes) is 5. The third-order valence-electron chi connectivity index (χ3n) is 5.98. The molecule has 2 rings (SSSR count). The second-order valence-corrected chi connectivity index (χ2v) is 9.24. The van der Waals surface area contributed by atoms with Crippen LogP contribution in [0.1, 0.15) is 97.0 Å². The highest BCUT2D eigenvalue weighted by Gasteiger charge is 2.19. The van der Waals surface area contributed by atoms with E-state index in [0.717, 1.165) is 18.4 Å². The Labute approximate surface area is 162 Å². The number of piperidine rings is 1. The van der Waals surface area contributed by atoms with Crippen molar-refractivity contribution in [3.8, 4) is 0 Å². The van der Waals surface area contributed by atoms with Gasteiger partial charge in [0.1, 0.15) is 0 Å². The summed E-state index contributed by atoms with van der Waals surface area (Å²) in [4.78, 5) is 2.69. The minimum absolute atomic E-state index is 0.584. The molecule has 1 aliphatic rings. The van der Waals surface area contributed by atoms with Crippen LogP contribution in [0.3, 0.4) is 0 Å². The molecule has 3 nitrogen and oxygen atoms in total. The monoisotopic (exact) mass is 361 g/mol. The molecule has 3 heteroatoms. The second kappa shape index (κ2) is 11.8. The number of likely N-dealkylation sites (tertiary alicyclic amines) is 1. The van der Waals surface area contributed by atoms with Gasteiger partial charge in [0.2, 0.25) is 0 Å². The predicted molar refractivity (Wildman–Crippen MR) is 113 cm³/mol. The van der Waals surface area contributed by atoms with E-state index in [1.54, 1.807) is 0 Å². The quantitative estimate of drug-likeness (QED) is 0.419. The Balaban J connectivity index is 1.49. The van der Waals surface area contributed by atoms with Crippen LogP contribution in [0.15, 0.2) is 12.4 Å². The molecule has 0 atom stereocenters. The standard InChI is InChI=1S/C23H43N3/c1-20(2)11-9-7-5-6-8-10-14-25-15-12-22(13-16-25)18-26-19-23(17-24-26)21(3)4/h17,19-22H,5-16,18H2,1-4H3. The molecule has 0 spiro atoms. The van der Waals surface area contributed by atoms with Gasteiger partial charge in [-0.25, -0.2) is 0 Å². The van der Waals surface area contributed by atoms with Crippen LogP contribution in [0.4, 0.5) is 0 Å². The average Bonchev–Trinajstić information content (AvgIpc) is 3.07. The maximum Gasteiger partial charge on any atom is 0.0524 e. The molecule has 1 fully saturated rings. The number of rotatable bonds is 12. The van der Waals surface area contributed by atoms with Crippen LogP contribution in [0.2, 0.25) is 0 Å². The fourth-order valence-corrected chi connectivity index (χ4v) is 4.03. The first-order chi connectivity index (χ1) is 12.5. The van der Waals surface area contributed by atoms with Gasteiger partial charge < -0.3 is 4.90 Å². The molecule has 0 amide bonds. The molecule has 0 bridgehead atoms. The van der Waals surface area contributed by atoms with Crippen molar-refractivity contribution < 1.29 is 0 Å². The Kier molecular flexibility index (Phi) is 9.74. The highest BCUT2D eigenvalue weighted by molar-refractivity contribution is 5.08. The summed E-state index contributed by atoms with van der Waals surface area (Å²) in [6.45, 7) is 14.2. The molecule has 150 valence electrons. The number of aromatic nitrogens is 2.